The zero-order valence-corrected chi connectivity index (χ0v) is 10.7. The number of phenols is 2. The summed E-state index contributed by atoms with van der Waals surface area (Å²) in [6.45, 7) is 0. The Kier molecular flexibility index (Phi) is 3.09. The Hall–Kier alpha value is -2.81. The second-order valence-electron chi connectivity index (χ2n) is 4.48. The van der Waals surface area contributed by atoms with Crippen molar-refractivity contribution in [3.63, 3.8) is 0 Å². The van der Waals surface area contributed by atoms with Crippen LogP contribution >= 0.6 is 0 Å². The molecule has 0 saturated carbocycles. The molecule has 0 atom stereocenters. The Balaban J connectivity index is 1.96. The van der Waals surface area contributed by atoms with Gasteiger partial charge in [-0.1, -0.05) is 36.4 Å². The maximum absolute atomic E-state index is 9.73. The van der Waals surface area contributed by atoms with E-state index in [0.717, 1.165) is 16.6 Å². The molecule has 0 aliphatic rings. The first-order valence-electron chi connectivity index (χ1n) is 6.29. The first-order valence-corrected chi connectivity index (χ1v) is 6.29. The third-order valence-electron chi connectivity index (χ3n) is 3.10. The number of aromatic nitrogens is 1. The van der Waals surface area contributed by atoms with E-state index >= 15 is 0 Å². The highest BCUT2D eigenvalue weighted by Gasteiger charge is 2.02. The van der Waals surface area contributed by atoms with E-state index in [4.69, 9.17) is 0 Å². The van der Waals surface area contributed by atoms with Gasteiger partial charge in [0.25, 0.3) is 0 Å². The fraction of sp³-hybridized carbons (Fsp3) is 0. The molecule has 1 heterocycles. The van der Waals surface area contributed by atoms with Gasteiger partial charge >= 0.3 is 0 Å². The van der Waals surface area contributed by atoms with Crippen LogP contribution in [0.3, 0.4) is 0 Å². The van der Waals surface area contributed by atoms with Crippen molar-refractivity contribution in [2.24, 2.45) is 0 Å². The number of aromatic hydroxyl groups is 2. The highest BCUT2D eigenvalue weighted by Crippen LogP contribution is 2.29. The van der Waals surface area contributed by atoms with Crippen LogP contribution in [0.1, 0.15) is 11.3 Å². The summed E-state index contributed by atoms with van der Waals surface area (Å²) in [7, 11) is 0. The minimum absolute atomic E-state index is 0.121. The van der Waals surface area contributed by atoms with Gasteiger partial charge < -0.3 is 10.2 Å². The van der Waals surface area contributed by atoms with Gasteiger partial charge in [-0.2, -0.15) is 0 Å². The first kappa shape index (κ1) is 12.2. The number of phenolic OH excluding ortho intramolecular Hbond substituents is 2. The summed E-state index contributed by atoms with van der Waals surface area (Å²) in [4.78, 5) is 4.51. The number of pyridine rings is 1. The number of rotatable bonds is 2. The van der Waals surface area contributed by atoms with Crippen LogP contribution in [0.4, 0.5) is 0 Å². The number of para-hydroxylation sites is 2. The Morgan fingerprint density at radius 3 is 2.55 bits per heavy atom. The van der Waals surface area contributed by atoms with E-state index in [9.17, 15) is 10.2 Å². The maximum atomic E-state index is 9.73. The van der Waals surface area contributed by atoms with Gasteiger partial charge in [0.05, 0.1) is 11.2 Å². The molecule has 0 fully saturated rings. The molecule has 0 aliphatic carbocycles. The van der Waals surface area contributed by atoms with E-state index in [1.54, 1.807) is 24.3 Å². The zero-order valence-electron chi connectivity index (χ0n) is 10.7. The van der Waals surface area contributed by atoms with Crippen LogP contribution in [-0.4, -0.2) is 15.2 Å². The van der Waals surface area contributed by atoms with Gasteiger partial charge in [-0.3, -0.25) is 0 Å². The number of fused-ring (bicyclic) bond motifs is 1. The lowest BCUT2D eigenvalue weighted by atomic mass is 10.1. The van der Waals surface area contributed by atoms with E-state index in [2.05, 4.69) is 4.98 Å². The Labute approximate surface area is 116 Å². The van der Waals surface area contributed by atoms with Gasteiger partial charge in [0.1, 0.15) is 0 Å². The van der Waals surface area contributed by atoms with Crippen LogP contribution in [0.5, 0.6) is 11.5 Å². The summed E-state index contributed by atoms with van der Waals surface area (Å²) in [5.74, 6) is -0.247. The summed E-state index contributed by atoms with van der Waals surface area (Å²) < 4.78 is 0. The molecule has 1 aromatic heterocycles. The van der Waals surface area contributed by atoms with E-state index in [-0.39, 0.29) is 11.5 Å². The molecular formula is C17H13NO2. The zero-order chi connectivity index (χ0) is 13.9. The van der Waals surface area contributed by atoms with Crippen LogP contribution in [0.2, 0.25) is 0 Å². The second kappa shape index (κ2) is 5.05. The molecule has 0 saturated heterocycles. The van der Waals surface area contributed by atoms with E-state index in [1.807, 2.05) is 36.4 Å². The molecular weight excluding hydrogens is 250 g/mol. The lowest BCUT2D eigenvalue weighted by Gasteiger charge is -2.01. The summed E-state index contributed by atoms with van der Waals surface area (Å²) >= 11 is 0. The molecule has 20 heavy (non-hydrogen) atoms. The minimum Gasteiger partial charge on any atom is -0.504 e. The molecule has 0 aliphatic heterocycles. The van der Waals surface area contributed by atoms with Gasteiger partial charge in [-0.25, -0.2) is 4.98 Å². The molecule has 3 heteroatoms. The highest BCUT2D eigenvalue weighted by atomic mass is 16.3. The summed E-state index contributed by atoms with van der Waals surface area (Å²) in [6, 6.07) is 16.7. The van der Waals surface area contributed by atoms with Gasteiger partial charge in [0.2, 0.25) is 0 Å². The van der Waals surface area contributed by atoms with Crippen LogP contribution in [0.25, 0.3) is 23.1 Å². The summed E-state index contributed by atoms with van der Waals surface area (Å²) in [6.07, 6.45) is 3.53. The molecule has 0 spiro atoms. The van der Waals surface area contributed by atoms with Gasteiger partial charge in [-0.05, 0) is 30.4 Å². The Morgan fingerprint density at radius 2 is 1.65 bits per heavy atom. The smallest absolute Gasteiger partial charge is 0.164 e. The molecule has 0 unspecified atom stereocenters. The Bertz CT molecular complexity index is 794. The van der Waals surface area contributed by atoms with Crippen LogP contribution in [0.15, 0.2) is 54.6 Å². The topological polar surface area (TPSA) is 53.4 Å². The van der Waals surface area contributed by atoms with Crippen molar-refractivity contribution >= 4 is 23.1 Å². The molecule has 3 rings (SSSR count). The summed E-state index contributed by atoms with van der Waals surface area (Å²) in [5.41, 5.74) is 2.28. The summed E-state index contributed by atoms with van der Waals surface area (Å²) in [5, 5.41) is 20.3. The normalized spacial score (nSPS) is 11.2. The predicted molar refractivity (Wildman–Crippen MR) is 80.4 cm³/mol. The fourth-order valence-electron chi connectivity index (χ4n) is 2.03. The molecule has 0 radical (unpaired) electrons. The van der Waals surface area contributed by atoms with Crippen LogP contribution < -0.4 is 0 Å². The van der Waals surface area contributed by atoms with Crippen molar-refractivity contribution in [2.45, 2.75) is 0 Å². The van der Waals surface area contributed by atoms with Crippen molar-refractivity contribution < 1.29 is 10.2 Å². The van der Waals surface area contributed by atoms with Crippen molar-refractivity contribution in [2.75, 3.05) is 0 Å². The largest absolute Gasteiger partial charge is 0.504 e. The second-order valence-corrected chi connectivity index (χ2v) is 4.48. The number of nitrogens with zero attached hydrogens (tertiary/aromatic N) is 1. The van der Waals surface area contributed by atoms with Gasteiger partial charge in [0, 0.05) is 10.9 Å². The molecule has 2 N–H and O–H groups in total. The fourth-order valence-corrected chi connectivity index (χ4v) is 2.03. The van der Waals surface area contributed by atoms with Gasteiger partial charge in [0.15, 0.2) is 11.5 Å². The lowest BCUT2D eigenvalue weighted by molar-refractivity contribution is 0.403. The van der Waals surface area contributed by atoms with E-state index < -0.39 is 0 Å². The molecule has 98 valence electrons. The average Bonchev–Trinajstić information content (AvgIpc) is 2.48. The van der Waals surface area contributed by atoms with Gasteiger partial charge in [-0.15, -0.1) is 0 Å². The monoisotopic (exact) mass is 263 g/mol. The van der Waals surface area contributed by atoms with Crippen LogP contribution in [0, 0.1) is 0 Å². The minimum atomic E-state index is -0.126. The lowest BCUT2D eigenvalue weighted by Crippen LogP contribution is -1.82. The third kappa shape index (κ3) is 2.34. The average molecular weight is 263 g/mol. The highest BCUT2D eigenvalue weighted by molar-refractivity contribution is 5.81. The standard InChI is InChI=1S/C17H13NO2/c19-16-7-3-5-13(17(16)20)9-11-14-10-8-12-4-1-2-6-15(12)18-14/h1-11,19-20H. The quantitative estimate of drug-likeness (QED) is 0.691. The van der Waals surface area contributed by atoms with Crippen molar-refractivity contribution in [3.8, 4) is 11.5 Å². The number of hydrogen-bond donors (Lipinski definition) is 2. The maximum Gasteiger partial charge on any atom is 0.164 e. The van der Waals surface area contributed by atoms with Crippen molar-refractivity contribution in [1.82, 2.24) is 4.98 Å². The molecule has 3 nitrogen and oxygen atoms in total. The third-order valence-corrected chi connectivity index (χ3v) is 3.10. The molecule has 0 bridgehead atoms. The Morgan fingerprint density at radius 1 is 0.800 bits per heavy atom. The van der Waals surface area contributed by atoms with E-state index in [0.29, 0.717) is 5.56 Å². The predicted octanol–water partition coefficient (Wildman–Crippen LogP) is 3.82. The first-order chi connectivity index (χ1) is 9.74. The van der Waals surface area contributed by atoms with Crippen LogP contribution in [-0.2, 0) is 0 Å². The number of benzene rings is 2. The van der Waals surface area contributed by atoms with E-state index in [1.165, 1.54) is 6.07 Å². The molecule has 0 amide bonds. The SMILES string of the molecule is Oc1cccc(C=Cc2ccc3ccccc3n2)c1O. The number of hydrogen-bond acceptors (Lipinski definition) is 3. The van der Waals surface area contributed by atoms with Crippen molar-refractivity contribution in [1.29, 1.82) is 0 Å². The molecule has 3 aromatic rings. The van der Waals surface area contributed by atoms with Crippen molar-refractivity contribution in [3.05, 3.63) is 65.9 Å². The molecule has 2 aromatic carbocycles.